The van der Waals surface area contributed by atoms with E-state index in [1.54, 1.807) is 12.1 Å². The zero-order valence-electron chi connectivity index (χ0n) is 42.6. The van der Waals surface area contributed by atoms with Gasteiger partial charge in [0.2, 0.25) is 5.78 Å². The van der Waals surface area contributed by atoms with Crippen molar-refractivity contribution in [2.24, 2.45) is 0 Å². The first-order valence-corrected chi connectivity index (χ1v) is 29.0. The molecule has 0 unspecified atom stereocenters. The van der Waals surface area contributed by atoms with E-state index in [-0.39, 0.29) is 28.1 Å². The Labute approximate surface area is 461 Å². The fourth-order valence-electron chi connectivity index (χ4n) is 9.32. The maximum absolute atomic E-state index is 14.6. The van der Waals surface area contributed by atoms with Gasteiger partial charge in [-0.25, -0.2) is 0 Å². The first kappa shape index (κ1) is 54.2. The summed E-state index contributed by atoms with van der Waals surface area (Å²) in [7, 11) is 0. The van der Waals surface area contributed by atoms with Crippen molar-refractivity contribution in [2.75, 3.05) is 0 Å². The number of hydrogen-bond donors (Lipinski definition) is 0. The van der Waals surface area contributed by atoms with Crippen LogP contribution in [0.15, 0.2) is 132 Å². The summed E-state index contributed by atoms with van der Waals surface area (Å²) in [6.45, 7) is 4.47. The minimum atomic E-state index is -0.227. The van der Waals surface area contributed by atoms with Crippen molar-refractivity contribution in [3.8, 4) is 90.1 Å². The molecule has 0 atom stereocenters. The van der Waals surface area contributed by atoms with Crippen LogP contribution in [0.4, 0.5) is 0 Å². The highest BCUT2D eigenvalue weighted by atomic mass is 32.1. The molecule has 0 fully saturated rings. The Morgan fingerprint density at radius 3 is 0.987 bits per heavy atom. The van der Waals surface area contributed by atoms with Gasteiger partial charge < -0.3 is 9.13 Å². The molecule has 376 valence electrons. The third-order valence-corrected chi connectivity index (χ3v) is 17.8. The van der Waals surface area contributed by atoms with E-state index in [2.05, 4.69) is 83.7 Å². The summed E-state index contributed by atoms with van der Waals surface area (Å²) < 4.78 is 4.34. The number of aryl methyl sites for hydroxylation is 2. The number of aromatic nitrogens is 2. The summed E-state index contributed by atoms with van der Waals surface area (Å²) in [5.74, 6) is -0.0868. The molecule has 0 saturated carbocycles. The molecule has 0 radical (unpaired) electrons. The molecule has 0 saturated heterocycles. The molecule has 8 rings (SSSR count). The van der Waals surface area contributed by atoms with E-state index in [1.807, 2.05) is 84.9 Å². The summed E-state index contributed by atoms with van der Waals surface area (Å²) in [5, 5.41) is 58.3. The van der Waals surface area contributed by atoms with Crippen LogP contribution < -0.4 is 0 Å². The number of nitriles is 6. The number of nitrogens with zero attached hydrogens (tertiary/aromatic N) is 8. The predicted molar refractivity (Wildman–Crippen MR) is 310 cm³/mol. The summed E-state index contributed by atoms with van der Waals surface area (Å²) in [5.41, 5.74) is 7.59. The number of carbonyl (C=O) groups excluding carboxylic acids is 1. The second-order valence-corrected chi connectivity index (χ2v) is 22.7. The number of benzene rings is 2. The Morgan fingerprint density at radius 2 is 0.671 bits per heavy atom. The summed E-state index contributed by atoms with van der Waals surface area (Å²) in [6.07, 6.45) is 16.7. The Hall–Kier alpha value is -8.11. The summed E-state index contributed by atoms with van der Waals surface area (Å²) >= 11 is 5.55. The van der Waals surface area contributed by atoms with E-state index in [0.29, 0.717) is 19.5 Å². The lowest BCUT2D eigenvalue weighted by atomic mass is 10.0. The Morgan fingerprint density at radius 1 is 0.368 bits per heavy atom. The lowest BCUT2D eigenvalue weighted by molar-refractivity contribution is 0.104. The average Bonchev–Trinajstić information content (AvgIpc) is 4.34. The van der Waals surface area contributed by atoms with E-state index < -0.39 is 0 Å². The van der Waals surface area contributed by atoms with Crippen molar-refractivity contribution >= 4 is 62.3 Å². The highest BCUT2D eigenvalue weighted by Crippen LogP contribution is 2.43. The number of ketones is 1. The predicted octanol–water partition coefficient (Wildman–Crippen LogP) is 17.9. The van der Waals surface area contributed by atoms with Gasteiger partial charge in [-0.3, -0.25) is 4.79 Å². The van der Waals surface area contributed by atoms with E-state index in [0.717, 1.165) is 79.3 Å². The minimum absolute atomic E-state index is 0.0474. The zero-order chi connectivity index (χ0) is 53.4. The van der Waals surface area contributed by atoms with Crippen LogP contribution in [0.25, 0.3) is 64.8 Å². The van der Waals surface area contributed by atoms with Gasteiger partial charge in [0.1, 0.15) is 47.6 Å². The molecule has 2 aromatic carbocycles. The molecule has 0 aliphatic heterocycles. The SMILES string of the molecule is CCCCCCCCc1ccc(-n2c(-c3ccc(C(=O)c4ccc(-c5ccc(-c6ccc(C(C#N)=C(C#N)C#N)s6)n5-c5ccc(CCCCCCCC)cc5)s4)s3)ccc2-c2ccc(C(C#N)=C(C#N)C#N)s2)cc1. The molecule has 6 aromatic heterocycles. The maximum Gasteiger partial charge on any atom is 0.212 e. The van der Waals surface area contributed by atoms with Crippen molar-refractivity contribution in [3.63, 3.8) is 0 Å². The number of allylic oxidation sites excluding steroid dienone is 4. The fraction of sp³-hybridized carbons (Fsp3) is 0.254. The first-order valence-electron chi connectivity index (χ1n) is 25.7. The van der Waals surface area contributed by atoms with Gasteiger partial charge in [0.15, 0.2) is 0 Å². The topological polar surface area (TPSA) is 170 Å². The molecular formula is C63H54N8OS4. The van der Waals surface area contributed by atoms with Gasteiger partial charge in [0.25, 0.3) is 0 Å². The molecule has 8 aromatic rings. The lowest BCUT2D eigenvalue weighted by Gasteiger charge is -2.13. The van der Waals surface area contributed by atoms with Crippen LogP contribution in [0.3, 0.4) is 0 Å². The third-order valence-electron chi connectivity index (χ3n) is 13.3. The highest BCUT2D eigenvalue weighted by Gasteiger charge is 2.23. The van der Waals surface area contributed by atoms with Crippen LogP contribution in [0.2, 0.25) is 0 Å². The van der Waals surface area contributed by atoms with Crippen LogP contribution in [0.5, 0.6) is 0 Å². The molecule has 0 spiro atoms. The number of hydrogen-bond acceptors (Lipinski definition) is 11. The summed E-state index contributed by atoms with van der Waals surface area (Å²) in [4.78, 5) is 20.3. The molecule has 0 aliphatic rings. The number of carbonyl (C=O) groups is 1. The highest BCUT2D eigenvalue weighted by molar-refractivity contribution is 7.21. The van der Waals surface area contributed by atoms with Crippen LogP contribution >= 0.6 is 45.3 Å². The van der Waals surface area contributed by atoms with Crippen LogP contribution in [-0.2, 0) is 12.8 Å². The van der Waals surface area contributed by atoms with Crippen molar-refractivity contribution in [3.05, 3.63) is 163 Å². The second-order valence-electron chi connectivity index (χ2n) is 18.4. The van der Waals surface area contributed by atoms with E-state index in [1.165, 1.54) is 121 Å². The van der Waals surface area contributed by atoms with Gasteiger partial charge in [-0.2, -0.15) is 31.6 Å². The lowest BCUT2D eigenvalue weighted by Crippen LogP contribution is -1.99. The van der Waals surface area contributed by atoms with Gasteiger partial charge in [-0.1, -0.05) is 102 Å². The molecule has 0 amide bonds. The minimum Gasteiger partial charge on any atom is -0.308 e. The Balaban J connectivity index is 1.11. The average molecular weight is 1070 g/mol. The second kappa shape index (κ2) is 26.4. The zero-order valence-corrected chi connectivity index (χ0v) is 45.8. The fourth-order valence-corrected chi connectivity index (χ4v) is 13.4. The molecular weight excluding hydrogens is 1010 g/mol. The van der Waals surface area contributed by atoms with E-state index >= 15 is 0 Å². The standard InChI is InChI=1S/C63H54N8OS4/c1-3-5-7-9-11-13-15-43-17-21-47(22-18-43)70-51(57-31-29-55(73-57)49(41-68)45(37-64)38-65)25-27-53(70)59-33-35-61(75-59)63(72)62-36-34-60(76-62)54-28-26-52(58-32-30-56(74-58)50(42-69)46(39-66)40-67)71(54)48-23-19-44(20-24-48)16-14-12-10-8-6-4-2/h17-36H,3-16H2,1-2H3. The van der Waals surface area contributed by atoms with Gasteiger partial charge in [0.05, 0.1) is 63.2 Å². The Kier molecular flexibility index (Phi) is 18.8. The van der Waals surface area contributed by atoms with Crippen molar-refractivity contribution in [2.45, 2.75) is 104 Å². The molecule has 0 bridgehead atoms. The van der Waals surface area contributed by atoms with E-state index in [4.69, 9.17) is 0 Å². The molecule has 13 heteroatoms. The third kappa shape index (κ3) is 12.3. The van der Waals surface area contributed by atoms with Crippen LogP contribution in [-0.4, -0.2) is 14.9 Å². The maximum atomic E-state index is 14.6. The monoisotopic (exact) mass is 1070 g/mol. The molecule has 9 nitrogen and oxygen atoms in total. The van der Waals surface area contributed by atoms with Crippen molar-refractivity contribution in [1.29, 1.82) is 31.6 Å². The Bertz CT molecular complexity index is 3400. The normalized spacial score (nSPS) is 10.7. The number of rotatable bonds is 24. The molecule has 76 heavy (non-hydrogen) atoms. The summed E-state index contributed by atoms with van der Waals surface area (Å²) in [6, 6.07) is 52.1. The van der Waals surface area contributed by atoms with E-state index in [9.17, 15) is 36.4 Å². The smallest absolute Gasteiger partial charge is 0.212 e. The molecule has 6 heterocycles. The molecule has 0 N–H and O–H groups in total. The van der Waals surface area contributed by atoms with Gasteiger partial charge in [-0.15, -0.1) is 45.3 Å². The quantitative estimate of drug-likeness (QED) is 0.0329. The van der Waals surface area contributed by atoms with Crippen LogP contribution in [0.1, 0.15) is 126 Å². The van der Waals surface area contributed by atoms with Gasteiger partial charge >= 0.3 is 0 Å². The van der Waals surface area contributed by atoms with Crippen LogP contribution in [0, 0.1) is 68.0 Å². The largest absolute Gasteiger partial charge is 0.308 e. The van der Waals surface area contributed by atoms with Crippen molar-refractivity contribution in [1.82, 2.24) is 9.13 Å². The van der Waals surface area contributed by atoms with Gasteiger partial charge in [0, 0.05) is 21.1 Å². The van der Waals surface area contributed by atoms with Gasteiger partial charge in [-0.05, 0) is 134 Å². The van der Waals surface area contributed by atoms with Crippen molar-refractivity contribution < 1.29 is 4.79 Å². The molecule has 0 aliphatic carbocycles. The first-order chi connectivity index (χ1) is 37.3. The number of thiophene rings is 4. The number of unbranched alkanes of at least 4 members (excludes halogenated alkanes) is 10.